The third-order valence-corrected chi connectivity index (χ3v) is 4.48. The van der Waals surface area contributed by atoms with Crippen molar-refractivity contribution in [3.05, 3.63) is 60.2 Å². The SMILES string of the molecule is COc1ccc(CC(=O)N2CCCN(c3ccccc3)CC2)cc1. The Hall–Kier alpha value is -2.49. The zero-order chi connectivity index (χ0) is 16.8. The normalized spacial score (nSPS) is 15.0. The standard InChI is InChI=1S/C20H24N2O2/c1-24-19-10-8-17(9-11-19)16-20(23)22-13-5-12-21(14-15-22)18-6-3-2-4-7-18/h2-4,6-11H,5,12-16H2,1H3. The largest absolute Gasteiger partial charge is 0.497 e. The average molecular weight is 324 g/mol. The minimum Gasteiger partial charge on any atom is -0.497 e. The van der Waals surface area contributed by atoms with Gasteiger partial charge in [-0.1, -0.05) is 30.3 Å². The molecule has 1 heterocycles. The van der Waals surface area contributed by atoms with E-state index in [9.17, 15) is 4.79 Å². The number of methoxy groups -OCH3 is 1. The minimum atomic E-state index is 0.204. The van der Waals surface area contributed by atoms with Crippen molar-refractivity contribution >= 4 is 11.6 Å². The van der Waals surface area contributed by atoms with E-state index in [1.54, 1.807) is 7.11 Å². The van der Waals surface area contributed by atoms with Crippen LogP contribution in [0.4, 0.5) is 5.69 Å². The highest BCUT2D eigenvalue weighted by molar-refractivity contribution is 5.79. The first-order valence-electron chi connectivity index (χ1n) is 8.47. The first-order valence-corrected chi connectivity index (χ1v) is 8.47. The van der Waals surface area contributed by atoms with E-state index >= 15 is 0 Å². The van der Waals surface area contributed by atoms with Crippen molar-refractivity contribution in [1.29, 1.82) is 0 Å². The van der Waals surface area contributed by atoms with Gasteiger partial charge in [0, 0.05) is 31.9 Å². The molecule has 2 aromatic rings. The molecule has 0 spiro atoms. The van der Waals surface area contributed by atoms with Gasteiger partial charge >= 0.3 is 0 Å². The summed E-state index contributed by atoms with van der Waals surface area (Å²) in [4.78, 5) is 16.9. The van der Waals surface area contributed by atoms with E-state index in [-0.39, 0.29) is 5.91 Å². The Morgan fingerprint density at radius 1 is 0.958 bits per heavy atom. The number of para-hydroxylation sites is 1. The van der Waals surface area contributed by atoms with Crippen LogP contribution in [0.15, 0.2) is 54.6 Å². The first-order chi connectivity index (χ1) is 11.8. The second-order valence-electron chi connectivity index (χ2n) is 6.08. The van der Waals surface area contributed by atoms with Crippen LogP contribution in [0, 0.1) is 0 Å². The van der Waals surface area contributed by atoms with E-state index in [1.807, 2.05) is 35.2 Å². The summed E-state index contributed by atoms with van der Waals surface area (Å²) in [5.41, 5.74) is 2.27. The van der Waals surface area contributed by atoms with Crippen LogP contribution < -0.4 is 9.64 Å². The van der Waals surface area contributed by atoms with Gasteiger partial charge in [-0.25, -0.2) is 0 Å². The Labute approximate surface area is 143 Å². The summed E-state index contributed by atoms with van der Waals surface area (Å²) in [6.45, 7) is 3.50. The molecular formula is C20H24N2O2. The van der Waals surface area contributed by atoms with E-state index in [2.05, 4.69) is 29.2 Å². The highest BCUT2D eigenvalue weighted by atomic mass is 16.5. The first kappa shape index (κ1) is 16.4. The van der Waals surface area contributed by atoms with E-state index in [0.29, 0.717) is 6.42 Å². The number of ether oxygens (including phenoxy) is 1. The molecule has 1 fully saturated rings. The van der Waals surface area contributed by atoms with Gasteiger partial charge < -0.3 is 14.5 Å². The van der Waals surface area contributed by atoms with E-state index in [1.165, 1.54) is 5.69 Å². The molecule has 1 amide bonds. The molecule has 1 aliphatic heterocycles. The zero-order valence-electron chi connectivity index (χ0n) is 14.1. The Bertz CT molecular complexity index is 655. The molecule has 0 radical (unpaired) electrons. The fourth-order valence-corrected chi connectivity index (χ4v) is 3.09. The Morgan fingerprint density at radius 3 is 2.42 bits per heavy atom. The molecule has 3 rings (SSSR count). The number of carbonyl (C=O) groups excluding carboxylic acids is 1. The van der Waals surface area contributed by atoms with Crippen molar-refractivity contribution < 1.29 is 9.53 Å². The number of rotatable bonds is 4. The van der Waals surface area contributed by atoms with Gasteiger partial charge in [0.15, 0.2) is 0 Å². The highest BCUT2D eigenvalue weighted by Gasteiger charge is 2.19. The van der Waals surface area contributed by atoms with Gasteiger partial charge in [-0.15, -0.1) is 0 Å². The summed E-state index contributed by atoms with van der Waals surface area (Å²) in [5.74, 6) is 1.02. The molecule has 4 nitrogen and oxygen atoms in total. The summed E-state index contributed by atoms with van der Waals surface area (Å²) < 4.78 is 5.16. The molecule has 0 bridgehead atoms. The average Bonchev–Trinajstić information content (AvgIpc) is 2.89. The predicted molar refractivity (Wildman–Crippen MR) is 96.6 cm³/mol. The van der Waals surface area contributed by atoms with Crippen molar-refractivity contribution in [2.45, 2.75) is 12.8 Å². The third kappa shape index (κ3) is 4.07. The third-order valence-electron chi connectivity index (χ3n) is 4.48. The summed E-state index contributed by atoms with van der Waals surface area (Å²) >= 11 is 0. The number of hydrogen-bond acceptors (Lipinski definition) is 3. The van der Waals surface area contributed by atoms with Crippen LogP contribution in [0.1, 0.15) is 12.0 Å². The van der Waals surface area contributed by atoms with Crippen LogP contribution in [0.2, 0.25) is 0 Å². The van der Waals surface area contributed by atoms with Crippen molar-refractivity contribution in [2.24, 2.45) is 0 Å². The number of carbonyl (C=O) groups is 1. The molecule has 4 heteroatoms. The van der Waals surface area contributed by atoms with E-state index in [0.717, 1.165) is 43.9 Å². The molecule has 0 unspecified atom stereocenters. The van der Waals surface area contributed by atoms with Crippen molar-refractivity contribution in [3.8, 4) is 5.75 Å². The van der Waals surface area contributed by atoms with Gasteiger partial charge in [0.25, 0.3) is 0 Å². The van der Waals surface area contributed by atoms with Gasteiger partial charge in [0.2, 0.25) is 5.91 Å². The lowest BCUT2D eigenvalue weighted by Gasteiger charge is -2.23. The van der Waals surface area contributed by atoms with Crippen LogP contribution in [0.5, 0.6) is 5.75 Å². The summed E-state index contributed by atoms with van der Waals surface area (Å²) in [5, 5.41) is 0. The quantitative estimate of drug-likeness (QED) is 0.867. The zero-order valence-corrected chi connectivity index (χ0v) is 14.1. The maximum atomic E-state index is 12.6. The smallest absolute Gasteiger partial charge is 0.227 e. The number of hydrogen-bond donors (Lipinski definition) is 0. The van der Waals surface area contributed by atoms with Crippen LogP contribution in [0.25, 0.3) is 0 Å². The maximum Gasteiger partial charge on any atom is 0.227 e. The lowest BCUT2D eigenvalue weighted by molar-refractivity contribution is -0.130. The lowest BCUT2D eigenvalue weighted by Crippen LogP contribution is -2.36. The van der Waals surface area contributed by atoms with Crippen LogP contribution in [-0.4, -0.2) is 44.1 Å². The molecule has 0 atom stereocenters. The monoisotopic (exact) mass is 324 g/mol. The number of anilines is 1. The van der Waals surface area contributed by atoms with Crippen LogP contribution >= 0.6 is 0 Å². The summed E-state index contributed by atoms with van der Waals surface area (Å²) in [6.07, 6.45) is 1.46. The molecular weight excluding hydrogens is 300 g/mol. The Morgan fingerprint density at radius 2 is 1.71 bits per heavy atom. The lowest BCUT2D eigenvalue weighted by atomic mass is 10.1. The van der Waals surface area contributed by atoms with Crippen LogP contribution in [-0.2, 0) is 11.2 Å². The Kier molecular flexibility index (Phi) is 5.36. The van der Waals surface area contributed by atoms with Gasteiger partial charge in [-0.3, -0.25) is 4.79 Å². The van der Waals surface area contributed by atoms with Gasteiger partial charge in [-0.05, 0) is 36.2 Å². The molecule has 1 saturated heterocycles. The van der Waals surface area contributed by atoms with Gasteiger partial charge in [0.05, 0.1) is 13.5 Å². The molecule has 0 aromatic heterocycles. The fraction of sp³-hybridized carbons (Fsp3) is 0.350. The Balaban J connectivity index is 1.57. The maximum absolute atomic E-state index is 12.6. The predicted octanol–water partition coefficient (Wildman–Crippen LogP) is 2.98. The van der Waals surface area contributed by atoms with Gasteiger partial charge in [-0.2, -0.15) is 0 Å². The molecule has 2 aromatic carbocycles. The van der Waals surface area contributed by atoms with Crippen molar-refractivity contribution in [2.75, 3.05) is 38.2 Å². The second kappa shape index (κ2) is 7.86. The number of benzene rings is 2. The molecule has 0 N–H and O–H groups in total. The number of nitrogens with zero attached hydrogens (tertiary/aromatic N) is 2. The number of amides is 1. The summed E-state index contributed by atoms with van der Waals surface area (Å²) in [6, 6.07) is 18.2. The molecule has 0 aliphatic carbocycles. The minimum absolute atomic E-state index is 0.204. The molecule has 1 aliphatic rings. The second-order valence-corrected chi connectivity index (χ2v) is 6.08. The molecule has 126 valence electrons. The fourth-order valence-electron chi connectivity index (χ4n) is 3.09. The topological polar surface area (TPSA) is 32.8 Å². The van der Waals surface area contributed by atoms with Gasteiger partial charge in [0.1, 0.15) is 5.75 Å². The molecule has 0 saturated carbocycles. The molecule has 24 heavy (non-hydrogen) atoms. The van der Waals surface area contributed by atoms with Crippen molar-refractivity contribution in [1.82, 2.24) is 4.90 Å². The van der Waals surface area contributed by atoms with E-state index in [4.69, 9.17) is 4.74 Å². The van der Waals surface area contributed by atoms with Crippen molar-refractivity contribution in [3.63, 3.8) is 0 Å². The highest BCUT2D eigenvalue weighted by Crippen LogP contribution is 2.17. The van der Waals surface area contributed by atoms with E-state index < -0.39 is 0 Å². The summed E-state index contributed by atoms with van der Waals surface area (Å²) in [7, 11) is 1.65. The van der Waals surface area contributed by atoms with Crippen LogP contribution in [0.3, 0.4) is 0 Å².